The van der Waals surface area contributed by atoms with Crippen molar-refractivity contribution in [3.63, 3.8) is 0 Å². The van der Waals surface area contributed by atoms with Crippen LogP contribution in [0.4, 0.5) is 0 Å². The van der Waals surface area contributed by atoms with E-state index in [1.807, 2.05) is 60.5 Å². The van der Waals surface area contributed by atoms with E-state index in [1.165, 1.54) is 0 Å². The lowest BCUT2D eigenvalue weighted by Crippen LogP contribution is -2.45. The number of nitrogens with two attached hydrogens (primary N) is 1. The van der Waals surface area contributed by atoms with Crippen LogP contribution in [0.5, 0.6) is 5.75 Å². The maximum absolute atomic E-state index is 13.1. The molecule has 1 heterocycles. The number of benzene rings is 2. The van der Waals surface area contributed by atoms with E-state index in [2.05, 4.69) is 11.1 Å². The number of aromatic nitrogens is 1. The van der Waals surface area contributed by atoms with E-state index in [0.29, 0.717) is 25.6 Å². The number of amides is 1. The van der Waals surface area contributed by atoms with Gasteiger partial charge in [0.15, 0.2) is 0 Å². The zero-order valence-corrected chi connectivity index (χ0v) is 16.2. The Bertz CT molecular complexity index is 944. The predicted molar refractivity (Wildman–Crippen MR) is 111 cm³/mol. The first-order valence-corrected chi connectivity index (χ1v) is 9.98. The molecule has 146 valence electrons. The van der Waals surface area contributed by atoms with Gasteiger partial charge in [0.1, 0.15) is 5.75 Å². The van der Waals surface area contributed by atoms with Crippen molar-refractivity contribution in [3.05, 3.63) is 65.9 Å². The summed E-state index contributed by atoms with van der Waals surface area (Å²) in [5.74, 6) is 0.883. The minimum Gasteiger partial charge on any atom is -0.494 e. The number of aromatic amines is 1. The van der Waals surface area contributed by atoms with Crippen LogP contribution >= 0.6 is 0 Å². The number of fused-ring (bicyclic) bond motifs is 1. The van der Waals surface area contributed by atoms with Crippen LogP contribution in [0, 0.1) is 0 Å². The molecule has 0 spiro atoms. The fourth-order valence-corrected chi connectivity index (χ4v) is 3.67. The predicted octanol–water partition coefficient (Wildman–Crippen LogP) is 3.63. The van der Waals surface area contributed by atoms with E-state index >= 15 is 0 Å². The minimum absolute atomic E-state index is 0.0293. The van der Waals surface area contributed by atoms with Crippen LogP contribution in [0.15, 0.2) is 54.7 Å². The van der Waals surface area contributed by atoms with Gasteiger partial charge in [0.25, 0.3) is 0 Å². The molecule has 0 radical (unpaired) electrons. The van der Waals surface area contributed by atoms with E-state index in [0.717, 1.165) is 40.6 Å². The van der Waals surface area contributed by atoms with Crippen LogP contribution in [0.2, 0.25) is 0 Å². The van der Waals surface area contributed by atoms with Crippen LogP contribution < -0.4 is 10.5 Å². The number of hydrogen-bond donors (Lipinski definition) is 2. The summed E-state index contributed by atoms with van der Waals surface area (Å²) in [6, 6.07) is 15.9. The molecule has 1 aromatic heterocycles. The molecule has 0 aliphatic heterocycles. The fourth-order valence-electron chi connectivity index (χ4n) is 3.67. The smallest absolute Gasteiger partial charge is 0.240 e. The second-order valence-corrected chi connectivity index (χ2v) is 7.44. The van der Waals surface area contributed by atoms with Gasteiger partial charge in [-0.05, 0) is 55.5 Å². The van der Waals surface area contributed by atoms with Gasteiger partial charge in [0.2, 0.25) is 5.91 Å². The Hall–Kier alpha value is -2.79. The topological polar surface area (TPSA) is 71.3 Å². The highest BCUT2D eigenvalue weighted by molar-refractivity contribution is 5.86. The van der Waals surface area contributed by atoms with Crippen molar-refractivity contribution in [2.24, 2.45) is 5.73 Å². The summed E-state index contributed by atoms with van der Waals surface area (Å²) in [4.78, 5) is 18.3. The molecule has 1 aliphatic rings. The molecule has 3 N–H and O–H groups in total. The van der Waals surface area contributed by atoms with Gasteiger partial charge >= 0.3 is 0 Å². The van der Waals surface area contributed by atoms with Gasteiger partial charge in [0.05, 0.1) is 12.6 Å². The van der Waals surface area contributed by atoms with Gasteiger partial charge in [-0.3, -0.25) is 4.79 Å². The van der Waals surface area contributed by atoms with Crippen molar-refractivity contribution >= 4 is 16.8 Å². The average molecular weight is 377 g/mol. The Labute approximate surface area is 165 Å². The molecule has 1 saturated carbocycles. The fraction of sp³-hybridized carbons (Fsp3) is 0.348. The quantitative estimate of drug-likeness (QED) is 0.630. The zero-order chi connectivity index (χ0) is 19.5. The molecule has 2 aromatic carbocycles. The Balaban J connectivity index is 1.45. The number of rotatable bonds is 8. The first-order valence-electron chi connectivity index (χ1n) is 9.98. The van der Waals surface area contributed by atoms with Crippen molar-refractivity contribution in [1.82, 2.24) is 9.88 Å². The summed E-state index contributed by atoms with van der Waals surface area (Å²) in [5.41, 5.74) is 9.62. The number of hydrogen-bond acceptors (Lipinski definition) is 3. The molecule has 5 nitrogen and oxygen atoms in total. The van der Waals surface area contributed by atoms with Crippen molar-refractivity contribution in [3.8, 4) is 5.75 Å². The maximum Gasteiger partial charge on any atom is 0.240 e. The third-order valence-corrected chi connectivity index (χ3v) is 5.29. The number of carbonyl (C=O) groups is 1. The minimum atomic E-state index is -0.539. The Kier molecular flexibility index (Phi) is 5.35. The lowest BCUT2D eigenvalue weighted by atomic mass is 10.0. The lowest BCUT2D eigenvalue weighted by Gasteiger charge is -2.26. The largest absolute Gasteiger partial charge is 0.494 e. The number of H-pyrrole nitrogens is 1. The molecule has 5 heteroatoms. The van der Waals surface area contributed by atoms with E-state index in [-0.39, 0.29) is 5.91 Å². The summed E-state index contributed by atoms with van der Waals surface area (Å²) in [5, 5.41) is 1.13. The molecular formula is C23H27N3O2. The molecule has 0 saturated heterocycles. The number of para-hydroxylation sites is 1. The Morgan fingerprint density at radius 2 is 1.96 bits per heavy atom. The molecule has 28 heavy (non-hydrogen) atoms. The van der Waals surface area contributed by atoms with Gasteiger partial charge in [-0.2, -0.15) is 0 Å². The van der Waals surface area contributed by atoms with Crippen LogP contribution in [0.25, 0.3) is 10.9 Å². The van der Waals surface area contributed by atoms with Gasteiger partial charge < -0.3 is 20.4 Å². The highest BCUT2D eigenvalue weighted by Gasteiger charge is 2.35. The van der Waals surface area contributed by atoms with Crippen molar-refractivity contribution in [2.45, 2.75) is 44.8 Å². The van der Waals surface area contributed by atoms with E-state index in [1.54, 1.807) is 0 Å². The normalized spacial score (nSPS) is 14.8. The summed E-state index contributed by atoms with van der Waals surface area (Å²) in [6.07, 6.45) is 4.62. The SMILES string of the molecule is CCOc1ccc(CN(C(=O)[C@H](N)Cc2c[nH]c3ccccc23)C2CC2)cc1. The lowest BCUT2D eigenvalue weighted by molar-refractivity contribution is -0.133. The van der Waals surface area contributed by atoms with Crippen LogP contribution in [0.3, 0.4) is 0 Å². The van der Waals surface area contributed by atoms with E-state index in [4.69, 9.17) is 10.5 Å². The van der Waals surface area contributed by atoms with Crippen molar-refractivity contribution in [2.75, 3.05) is 6.61 Å². The molecule has 1 aliphatic carbocycles. The van der Waals surface area contributed by atoms with Crippen LogP contribution in [-0.2, 0) is 17.8 Å². The third kappa shape index (κ3) is 4.04. The van der Waals surface area contributed by atoms with E-state index < -0.39 is 6.04 Å². The van der Waals surface area contributed by atoms with Crippen LogP contribution in [-0.4, -0.2) is 34.5 Å². The third-order valence-electron chi connectivity index (χ3n) is 5.29. The Morgan fingerprint density at radius 3 is 2.68 bits per heavy atom. The summed E-state index contributed by atoms with van der Waals surface area (Å²) < 4.78 is 5.50. The molecule has 4 rings (SSSR count). The monoisotopic (exact) mass is 377 g/mol. The highest BCUT2D eigenvalue weighted by atomic mass is 16.5. The summed E-state index contributed by atoms with van der Waals surface area (Å²) in [7, 11) is 0. The first kappa shape index (κ1) is 18.6. The van der Waals surface area contributed by atoms with Gasteiger partial charge in [-0.15, -0.1) is 0 Å². The second-order valence-electron chi connectivity index (χ2n) is 7.44. The summed E-state index contributed by atoms with van der Waals surface area (Å²) in [6.45, 7) is 3.21. The van der Waals surface area contributed by atoms with E-state index in [9.17, 15) is 4.79 Å². The number of ether oxygens (including phenoxy) is 1. The van der Waals surface area contributed by atoms with Gasteiger partial charge in [-0.1, -0.05) is 30.3 Å². The highest BCUT2D eigenvalue weighted by Crippen LogP contribution is 2.30. The van der Waals surface area contributed by atoms with Crippen molar-refractivity contribution in [1.29, 1.82) is 0 Å². The first-order chi connectivity index (χ1) is 13.7. The van der Waals surface area contributed by atoms with Crippen LogP contribution in [0.1, 0.15) is 30.9 Å². The molecule has 1 atom stereocenters. The number of nitrogens with one attached hydrogen (secondary N) is 1. The average Bonchev–Trinajstić information content (AvgIpc) is 3.48. The van der Waals surface area contributed by atoms with Crippen molar-refractivity contribution < 1.29 is 9.53 Å². The molecule has 1 amide bonds. The summed E-state index contributed by atoms with van der Waals surface area (Å²) >= 11 is 0. The van der Waals surface area contributed by atoms with Gasteiger partial charge in [0, 0.05) is 29.7 Å². The standard InChI is InChI=1S/C23H27N3O2/c1-2-28-19-11-7-16(8-12-19)15-26(18-9-10-18)23(27)21(24)13-17-14-25-22-6-4-3-5-20(17)22/h3-8,11-12,14,18,21,25H,2,9-10,13,15,24H2,1H3/t21-/m1/s1. The number of nitrogens with zero attached hydrogens (tertiary/aromatic N) is 1. The molecule has 0 bridgehead atoms. The molecule has 3 aromatic rings. The molecule has 0 unspecified atom stereocenters. The molecular weight excluding hydrogens is 350 g/mol. The van der Waals surface area contributed by atoms with Gasteiger partial charge in [-0.25, -0.2) is 0 Å². The zero-order valence-electron chi connectivity index (χ0n) is 16.2. The maximum atomic E-state index is 13.1. The number of carbonyl (C=O) groups excluding carboxylic acids is 1. The molecule has 1 fully saturated rings. The second kappa shape index (κ2) is 8.07. The Morgan fingerprint density at radius 1 is 1.21 bits per heavy atom.